The first-order valence-corrected chi connectivity index (χ1v) is 6.66. The summed E-state index contributed by atoms with van der Waals surface area (Å²) in [6, 6.07) is 2.59. The first kappa shape index (κ1) is 14.1. The number of ether oxygens (including phenoxy) is 1. The van der Waals surface area contributed by atoms with Crippen LogP contribution in [0.3, 0.4) is 0 Å². The molecule has 0 atom stereocenters. The lowest BCUT2D eigenvalue weighted by Crippen LogP contribution is -2.39. The van der Waals surface area contributed by atoms with E-state index < -0.39 is 17.2 Å². The van der Waals surface area contributed by atoms with Crippen LogP contribution in [-0.4, -0.2) is 18.2 Å². The number of halogens is 2. The average molecular weight is 287 g/mol. The fraction of sp³-hybridized carbons (Fsp3) is 0.500. The molecule has 1 saturated carbocycles. The molecule has 3 nitrogen and oxygen atoms in total. The monoisotopic (exact) mass is 286 g/mol. The highest BCUT2D eigenvalue weighted by atomic mass is 35.5. The Hall–Kier alpha value is -1.29. The summed E-state index contributed by atoms with van der Waals surface area (Å²) in [4.78, 5) is 11.7. The molecule has 0 radical (unpaired) electrons. The number of methoxy groups -OCH3 is 1. The second kappa shape index (κ2) is 5.37. The van der Waals surface area contributed by atoms with Gasteiger partial charge in [-0.25, -0.2) is 4.39 Å². The molecule has 1 aromatic rings. The van der Waals surface area contributed by atoms with Gasteiger partial charge in [0, 0.05) is 5.56 Å². The van der Waals surface area contributed by atoms with Crippen LogP contribution in [0.1, 0.15) is 37.7 Å². The van der Waals surface area contributed by atoms with E-state index in [0.717, 1.165) is 19.3 Å². The van der Waals surface area contributed by atoms with Gasteiger partial charge in [0.2, 0.25) is 0 Å². The molecule has 1 aromatic carbocycles. The average Bonchev–Trinajstić information content (AvgIpc) is 2.41. The minimum absolute atomic E-state index is 0.0923. The van der Waals surface area contributed by atoms with Crippen LogP contribution in [0.15, 0.2) is 12.1 Å². The second-order valence-corrected chi connectivity index (χ2v) is 5.29. The summed E-state index contributed by atoms with van der Waals surface area (Å²) in [5.41, 5.74) is -1.13. The quantitative estimate of drug-likeness (QED) is 0.920. The smallest absolute Gasteiger partial charge is 0.314 e. The molecule has 0 saturated heterocycles. The number of benzene rings is 1. The first-order chi connectivity index (χ1) is 9.03. The number of aliphatic carboxylic acids is 1. The minimum atomic E-state index is -1.22. The fourth-order valence-electron chi connectivity index (χ4n) is 2.90. The van der Waals surface area contributed by atoms with Gasteiger partial charge in [0.05, 0.1) is 17.5 Å². The number of carboxylic acids is 1. The van der Waals surface area contributed by atoms with E-state index >= 15 is 0 Å². The van der Waals surface area contributed by atoms with Gasteiger partial charge in [-0.3, -0.25) is 4.79 Å². The molecular formula is C14H16ClFO3. The standard InChI is InChI=1S/C14H16ClFO3/c1-19-12-9(15)5-6-10(16)11(12)14(13(17)18)7-3-2-4-8-14/h5-6H,2-4,7-8H2,1H3,(H,17,18). The minimum Gasteiger partial charge on any atom is -0.495 e. The molecule has 1 N–H and O–H groups in total. The molecule has 0 bridgehead atoms. The molecule has 1 aliphatic rings. The summed E-state index contributed by atoms with van der Waals surface area (Å²) >= 11 is 6.00. The zero-order valence-electron chi connectivity index (χ0n) is 10.7. The topological polar surface area (TPSA) is 46.5 Å². The van der Waals surface area contributed by atoms with Crippen LogP contribution in [0.2, 0.25) is 5.02 Å². The molecule has 0 unspecified atom stereocenters. The van der Waals surface area contributed by atoms with E-state index in [4.69, 9.17) is 16.3 Å². The molecule has 0 spiro atoms. The third kappa shape index (κ3) is 2.29. The lowest BCUT2D eigenvalue weighted by Gasteiger charge is -2.34. The maximum atomic E-state index is 14.2. The molecule has 5 heteroatoms. The summed E-state index contributed by atoms with van der Waals surface area (Å²) < 4.78 is 19.4. The van der Waals surface area contributed by atoms with Crippen molar-refractivity contribution < 1.29 is 19.0 Å². The van der Waals surface area contributed by atoms with Crippen LogP contribution in [0.4, 0.5) is 4.39 Å². The van der Waals surface area contributed by atoms with E-state index in [0.29, 0.717) is 12.8 Å². The molecular weight excluding hydrogens is 271 g/mol. The predicted molar refractivity (Wildman–Crippen MR) is 70.4 cm³/mol. The van der Waals surface area contributed by atoms with E-state index in [1.807, 2.05) is 0 Å². The van der Waals surface area contributed by atoms with E-state index in [9.17, 15) is 14.3 Å². The normalized spacial score (nSPS) is 18.1. The number of rotatable bonds is 3. The Kier molecular flexibility index (Phi) is 3.99. The Morgan fingerprint density at radius 2 is 2.00 bits per heavy atom. The molecule has 0 aliphatic heterocycles. The zero-order valence-corrected chi connectivity index (χ0v) is 11.5. The molecule has 0 amide bonds. The van der Waals surface area contributed by atoms with Gasteiger partial charge in [0.25, 0.3) is 0 Å². The largest absolute Gasteiger partial charge is 0.495 e. The van der Waals surface area contributed by atoms with Gasteiger partial charge in [-0.1, -0.05) is 30.9 Å². The molecule has 0 aromatic heterocycles. The SMILES string of the molecule is COc1c(Cl)ccc(F)c1C1(C(=O)O)CCCCC1. The van der Waals surface area contributed by atoms with Crippen molar-refractivity contribution in [1.29, 1.82) is 0 Å². The summed E-state index contributed by atoms with van der Waals surface area (Å²) in [6.45, 7) is 0. The summed E-state index contributed by atoms with van der Waals surface area (Å²) in [7, 11) is 1.38. The number of hydrogen-bond donors (Lipinski definition) is 1. The Balaban J connectivity index is 2.66. The Labute approximate surface area is 116 Å². The van der Waals surface area contributed by atoms with Crippen molar-refractivity contribution in [3.63, 3.8) is 0 Å². The van der Waals surface area contributed by atoms with Crippen molar-refractivity contribution in [3.05, 3.63) is 28.5 Å². The van der Waals surface area contributed by atoms with Gasteiger partial charge >= 0.3 is 5.97 Å². The van der Waals surface area contributed by atoms with Crippen molar-refractivity contribution >= 4 is 17.6 Å². The Bertz CT molecular complexity index is 496. The van der Waals surface area contributed by atoms with Crippen LogP contribution in [0, 0.1) is 5.82 Å². The van der Waals surface area contributed by atoms with Crippen molar-refractivity contribution in [1.82, 2.24) is 0 Å². The van der Waals surface area contributed by atoms with E-state index in [1.54, 1.807) is 0 Å². The highest BCUT2D eigenvalue weighted by Crippen LogP contribution is 2.46. The maximum Gasteiger partial charge on any atom is 0.314 e. The molecule has 1 fully saturated rings. The predicted octanol–water partition coefficient (Wildman–Crippen LogP) is 3.77. The summed E-state index contributed by atoms with van der Waals surface area (Å²) in [5.74, 6) is -1.43. The highest BCUT2D eigenvalue weighted by molar-refractivity contribution is 6.32. The van der Waals surface area contributed by atoms with E-state index in [1.165, 1.54) is 19.2 Å². The van der Waals surface area contributed by atoms with E-state index in [-0.39, 0.29) is 16.3 Å². The van der Waals surface area contributed by atoms with Gasteiger partial charge in [0.15, 0.2) is 0 Å². The molecule has 104 valence electrons. The van der Waals surface area contributed by atoms with E-state index in [2.05, 4.69) is 0 Å². The van der Waals surface area contributed by atoms with Crippen molar-refractivity contribution in [2.75, 3.05) is 7.11 Å². The van der Waals surface area contributed by atoms with Crippen LogP contribution in [-0.2, 0) is 10.2 Å². The molecule has 1 aliphatic carbocycles. The van der Waals surface area contributed by atoms with Crippen LogP contribution >= 0.6 is 11.6 Å². The van der Waals surface area contributed by atoms with Gasteiger partial charge in [-0.05, 0) is 25.0 Å². The van der Waals surface area contributed by atoms with Crippen LogP contribution in [0.25, 0.3) is 0 Å². The third-order valence-corrected chi connectivity index (χ3v) is 4.16. The van der Waals surface area contributed by atoms with Gasteiger partial charge < -0.3 is 9.84 Å². The Morgan fingerprint density at radius 3 is 2.53 bits per heavy atom. The van der Waals surface area contributed by atoms with Gasteiger partial charge in [-0.2, -0.15) is 0 Å². The van der Waals surface area contributed by atoms with Crippen LogP contribution in [0.5, 0.6) is 5.75 Å². The third-order valence-electron chi connectivity index (χ3n) is 3.86. The second-order valence-electron chi connectivity index (χ2n) is 4.89. The van der Waals surface area contributed by atoms with Gasteiger partial charge in [0.1, 0.15) is 11.6 Å². The van der Waals surface area contributed by atoms with Crippen LogP contribution < -0.4 is 4.74 Å². The number of carbonyl (C=O) groups is 1. The van der Waals surface area contributed by atoms with Crippen molar-refractivity contribution in [2.24, 2.45) is 0 Å². The maximum absolute atomic E-state index is 14.2. The molecule has 0 heterocycles. The lowest BCUT2D eigenvalue weighted by molar-refractivity contribution is -0.145. The molecule has 2 rings (SSSR count). The van der Waals surface area contributed by atoms with Gasteiger partial charge in [-0.15, -0.1) is 0 Å². The fourth-order valence-corrected chi connectivity index (χ4v) is 3.14. The highest BCUT2D eigenvalue weighted by Gasteiger charge is 2.45. The Morgan fingerprint density at radius 1 is 1.37 bits per heavy atom. The summed E-state index contributed by atoms with van der Waals surface area (Å²) in [5, 5.41) is 9.85. The first-order valence-electron chi connectivity index (χ1n) is 6.29. The molecule has 19 heavy (non-hydrogen) atoms. The number of carboxylic acid groups (broad SMARTS) is 1. The van der Waals surface area contributed by atoms with Crippen molar-refractivity contribution in [2.45, 2.75) is 37.5 Å². The lowest BCUT2D eigenvalue weighted by atomic mass is 9.69. The summed E-state index contributed by atoms with van der Waals surface area (Å²) in [6.07, 6.45) is 3.33. The van der Waals surface area contributed by atoms with Crippen molar-refractivity contribution in [3.8, 4) is 5.75 Å². The number of hydrogen-bond acceptors (Lipinski definition) is 2. The zero-order chi connectivity index (χ0) is 14.0.